The van der Waals surface area contributed by atoms with E-state index in [9.17, 15) is 13.2 Å². The smallest absolute Gasteiger partial charge is 0.324 e. The number of nitrogens with two attached hydrogens (primary N) is 1. The number of halogens is 3. The fourth-order valence-corrected chi connectivity index (χ4v) is 2.63. The van der Waals surface area contributed by atoms with Crippen molar-refractivity contribution in [2.75, 3.05) is 19.6 Å². The van der Waals surface area contributed by atoms with E-state index in [-0.39, 0.29) is 18.5 Å². The molecule has 0 saturated carbocycles. The zero-order valence-electron chi connectivity index (χ0n) is 10.7. The molecule has 1 heterocycles. The van der Waals surface area contributed by atoms with Gasteiger partial charge in [0, 0.05) is 18.6 Å². The van der Waals surface area contributed by atoms with E-state index in [1.165, 1.54) is 0 Å². The summed E-state index contributed by atoms with van der Waals surface area (Å²) < 4.78 is 37.9. The molecule has 102 valence electrons. The summed E-state index contributed by atoms with van der Waals surface area (Å²) in [4.78, 5) is 1.87. The summed E-state index contributed by atoms with van der Waals surface area (Å²) in [6.45, 7) is 5.38. The first-order valence-electron chi connectivity index (χ1n) is 6.32. The second-order valence-corrected chi connectivity index (χ2v) is 5.52. The molecule has 1 aliphatic rings. The van der Waals surface area contributed by atoms with Gasteiger partial charge in [-0.25, -0.2) is 0 Å². The van der Waals surface area contributed by atoms with Crippen LogP contribution in [0.3, 0.4) is 0 Å². The number of piperidine rings is 1. The molecule has 1 saturated heterocycles. The van der Waals surface area contributed by atoms with E-state index >= 15 is 0 Å². The largest absolute Gasteiger partial charge is 0.393 e. The monoisotopic (exact) mass is 252 g/mol. The molecular weight excluding hydrogens is 229 g/mol. The Morgan fingerprint density at radius 3 is 2.53 bits per heavy atom. The van der Waals surface area contributed by atoms with Crippen molar-refractivity contribution in [1.82, 2.24) is 4.90 Å². The van der Waals surface area contributed by atoms with E-state index in [4.69, 9.17) is 5.73 Å². The third kappa shape index (κ3) is 4.84. The maximum atomic E-state index is 12.6. The SMILES string of the molecule is CCCC(C)(N)CN1CCCC(C(F)(F)F)C1. The zero-order chi connectivity index (χ0) is 13.1. The molecule has 2 N–H and O–H groups in total. The number of alkyl halides is 3. The first-order valence-corrected chi connectivity index (χ1v) is 6.32. The van der Waals surface area contributed by atoms with Crippen molar-refractivity contribution >= 4 is 0 Å². The van der Waals surface area contributed by atoms with Crippen molar-refractivity contribution in [1.29, 1.82) is 0 Å². The molecule has 0 aromatic rings. The quantitative estimate of drug-likeness (QED) is 0.833. The Morgan fingerprint density at radius 2 is 2.00 bits per heavy atom. The molecule has 2 atom stereocenters. The molecule has 0 amide bonds. The highest BCUT2D eigenvalue weighted by Gasteiger charge is 2.42. The molecular formula is C12H23F3N2. The number of hydrogen-bond donors (Lipinski definition) is 1. The summed E-state index contributed by atoms with van der Waals surface area (Å²) in [7, 11) is 0. The maximum Gasteiger partial charge on any atom is 0.393 e. The van der Waals surface area contributed by atoms with Gasteiger partial charge in [-0.05, 0) is 32.7 Å². The average molecular weight is 252 g/mol. The molecule has 0 aromatic carbocycles. The molecule has 2 unspecified atom stereocenters. The van der Waals surface area contributed by atoms with Crippen LogP contribution in [0.5, 0.6) is 0 Å². The Labute approximate surface area is 101 Å². The second-order valence-electron chi connectivity index (χ2n) is 5.52. The summed E-state index contributed by atoms with van der Waals surface area (Å²) in [6.07, 6.45) is -1.38. The van der Waals surface area contributed by atoms with Crippen LogP contribution in [-0.4, -0.2) is 36.2 Å². The van der Waals surface area contributed by atoms with Gasteiger partial charge in [-0.1, -0.05) is 13.3 Å². The number of rotatable bonds is 4. The first-order chi connectivity index (χ1) is 7.74. The van der Waals surface area contributed by atoms with Gasteiger partial charge < -0.3 is 10.6 Å². The minimum Gasteiger partial charge on any atom is -0.324 e. The summed E-state index contributed by atoms with van der Waals surface area (Å²) in [5, 5.41) is 0. The molecule has 0 aliphatic carbocycles. The van der Waals surface area contributed by atoms with E-state index in [0.29, 0.717) is 13.0 Å². The predicted molar refractivity (Wildman–Crippen MR) is 62.7 cm³/mol. The lowest BCUT2D eigenvalue weighted by atomic mass is 9.93. The number of hydrogen-bond acceptors (Lipinski definition) is 2. The lowest BCUT2D eigenvalue weighted by Gasteiger charge is -2.38. The van der Waals surface area contributed by atoms with E-state index in [1.807, 2.05) is 18.7 Å². The van der Waals surface area contributed by atoms with E-state index in [2.05, 4.69) is 0 Å². The zero-order valence-corrected chi connectivity index (χ0v) is 10.7. The average Bonchev–Trinajstić information content (AvgIpc) is 2.15. The fourth-order valence-electron chi connectivity index (χ4n) is 2.63. The van der Waals surface area contributed by atoms with Gasteiger partial charge in [0.1, 0.15) is 0 Å². The van der Waals surface area contributed by atoms with Gasteiger partial charge in [-0.15, -0.1) is 0 Å². The number of nitrogens with zero attached hydrogens (tertiary/aromatic N) is 1. The van der Waals surface area contributed by atoms with Crippen LogP contribution in [-0.2, 0) is 0 Å². The maximum absolute atomic E-state index is 12.6. The summed E-state index contributed by atoms with van der Waals surface area (Å²) in [6, 6.07) is 0. The molecule has 0 radical (unpaired) electrons. The van der Waals surface area contributed by atoms with Crippen LogP contribution in [0.4, 0.5) is 13.2 Å². The van der Waals surface area contributed by atoms with Crippen molar-refractivity contribution in [3.8, 4) is 0 Å². The van der Waals surface area contributed by atoms with Crippen LogP contribution in [0.2, 0.25) is 0 Å². The molecule has 0 spiro atoms. The third-order valence-electron chi connectivity index (χ3n) is 3.37. The topological polar surface area (TPSA) is 29.3 Å². The Balaban J connectivity index is 2.50. The van der Waals surface area contributed by atoms with Gasteiger partial charge in [-0.2, -0.15) is 13.2 Å². The molecule has 17 heavy (non-hydrogen) atoms. The van der Waals surface area contributed by atoms with Crippen molar-refractivity contribution in [3.05, 3.63) is 0 Å². The van der Waals surface area contributed by atoms with Gasteiger partial charge >= 0.3 is 6.18 Å². The van der Waals surface area contributed by atoms with Gasteiger partial charge in [0.05, 0.1) is 5.92 Å². The van der Waals surface area contributed by atoms with Gasteiger partial charge in [0.15, 0.2) is 0 Å². The molecule has 0 bridgehead atoms. The normalized spacial score (nSPS) is 26.8. The van der Waals surface area contributed by atoms with Crippen molar-refractivity contribution in [2.24, 2.45) is 11.7 Å². The number of likely N-dealkylation sites (tertiary alicyclic amines) is 1. The lowest BCUT2D eigenvalue weighted by molar-refractivity contribution is -0.187. The predicted octanol–water partition coefficient (Wildman–Crippen LogP) is 2.78. The molecule has 1 aliphatic heterocycles. The van der Waals surface area contributed by atoms with Crippen LogP contribution in [0.1, 0.15) is 39.5 Å². The fraction of sp³-hybridized carbons (Fsp3) is 1.00. The Morgan fingerprint density at radius 1 is 1.35 bits per heavy atom. The van der Waals surface area contributed by atoms with Crippen molar-refractivity contribution in [2.45, 2.75) is 51.2 Å². The van der Waals surface area contributed by atoms with Gasteiger partial charge in [-0.3, -0.25) is 0 Å². The second kappa shape index (κ2) is 5.57. The third-order valence-corrected chi connectivity index (χ3v) is 3.37. The standard InChI is InChI=1S/C12H23F3N2/c1-3-6-11(2,16)9-17-7-4-5-10(8-17)12(13,14)15/h10H,3-9,16H2,1-2H3. The minimum atomic E-state index is -4.06. The Bertz CT molecular complexity index is 238. The van der Waals surface area contributed by atoms with E-state index in [0.717, 1.165) is 19.4 Å². The van der Waals surface area contributed by atoms with E-state index < -0.39 is 12.1 Å². The highest BCUT2D eigenvalue weighted by molar-refractivity contribution is 4.86. The Kier molecular flexibility index (Phi) is 4.84. The Hall–Kier alpha value is -0.290. The highest BCUT2D eigenvalue weighted by atomic mass is 19.4. The summed E-state index contributed by atoms with van der Waals surface area (Å²) >= 11 is 0. The summed E-state index contributed by atoms with van der Waals surface area (Å²) in [5.74, 6) is -1.17. The van der Waals surface area contributed by atoms with Crippen LogP contribution < -0.4 is 5.73 Å². The van der Waals surface area contributed by atoms with Gasteiger partial charge in [0.2, 0.25) is 0 Å². The minimum absolute atomic E-state index is 0.111. The molecule has 2 nitrogen and oxygen atoms in total. The van der Waals surface area contributed by atoms with Gasteiger partial charge in [0.25, 0.3) is 0 Å². The van der Waals surface area contributed by atoms with Crippen LogP contribution in [0.25, 0.3) is 0 Å². The molecule has 1 fully saturated rings. The van der Waals surface area contributed by atoms with Crippen molar-refractivity contribution < 1.29 is 13.2 Å². The van der Waals surface area contributed by atoms with Crippen LogP contribution >= 0.6 is 0 Å². The first kappa shape index (κ1) is 14.8. The highest BCUT2D eigenvalue weighted by Crippen LogP contribution is 2.33. The van der Waals surface area contributed by atoms with E-state index in [1.54, 1.807) is 0 Å². The lowest BCUT2D eigenvalue weighted by Crippen LogP contribution is -2.52. The molecule has 1 rings (SSSR count). The van der Waals surface area contributed by atoms with Crippen LogP contribution in [0, 0.1) is 5.92 Å². The molecule has 5 heteroatoms. The summed E-state index contributed by atoms with van der Waals surface area (Å²) in [5.41, 5.74) is 5.72. The van der Waals surface area contributed by atoms with Crippen molar-refractivity contribution in [3.63, 3.8) is 0 Å². The molecule has 0 aromatic heterocycles. The van der Waals surface area contributed by atoms with Crippen LogP contribution in [0.15, 0.2) is 0 Å².